The highest BCUT2D eigenvalue weighted by Gasteiger charge is 2.36. The molecule has 1 aromatic heterocycles. The smallest absolute Gasteiger partial charge is 0.294 e. The summed E-state index contributed by atoms with van der Waals surface area (Å²) < 4.78 is 15.0. The van der Waals surface area contributed by atoms with Crippen molar-refractivity contribution in [3.63, 3.8) is 0 Å². The molecule has 1 saturated heterocycles. The molecule has 0 unspecified atom stereocenters. The second-order valence-electron chi connectivity index (χ2n) is 6.90. The van der Waals surface area contributed by atoms with Gasteiger partial charge in [-0.1, -0.05) is 6.07 Å². The molecule has 1 aliphatic heterocycles. The predicted octanol–water partition coefficient (Wildman–Crippen LogP) is 4.20. The monoisotopic (exact) mass is 466 g/mol. The molecule has 0 spiro atoms. The van der Waals surface area contributed by atoms with Crippen molar-refractivity contribution < 1.29 is 23.7 Å². The third kappa shape index (κ3) is 4.83. The molecular weight excluding hydrogens is 451 g/mol. The molecule has 0 saturated carbocycles. The molecule has 9 nitrogen and oxygen atoms in total. The van der Waals surface area contributed by atoms with E-state index in [0.717, 1.165) is 11.0 Å². The van der Waals surface area contributed by atoms with Crippen molar-refractivity contribution in [1.29, 1.82) is 0 Å². The highest BCUT2D eigenvalue weighted by molar-refractivity contribution is 8.18. The molecule has 11 heteroatoms. The second kappa shape index (κ2) is 9.09. The zero-order valence-electron chi connectivity index (χ0n) is 16.8. The van der Waals surface area contributed by atoms with Crippen LogP contribution < -0.4 is 5.32 Å². The summed E-state index contributed by atoms with van der Waals surface area (Å²) in [6.07, 6.45) is 3.22. The molecule has 0 bridgehead atoms. The minimum atomic E-state index is -0.640. The number of halogens is 1. The van der Waals surface area contributed by atoms with E-state index < -0.39 is 34.3 Å². The van der Waals surface area contributed by atoms with E-state index in [1.807, 2.05) is 0 Å². The number of carbonyl (C=O) groups excluding carboxylic acids is 3. The maximum absolute atomic E-state index is 13.3. The van der Waals surface area contributed by atoms with E-state index in [2.05, 4.69) is 5.32 Å². The van der Waals surface area contributed by atoms with Crippen LogP contribution in [-0.4, -0.2) is 38.0 Å². The van der Waals surface area contributed by atoms with Crippen LogP contribution in [0.3, 0.4) is 0 Å². The first-order valence-electron chi connectivity index (χ1n) is 9.55. The first-order valence-corrected chi connectivity index (χ1v) is 10.4. The van der Waals surface area contributed by atoms with Crippen LogP contribution in [0.15, 0.2) is 71.8 Å². The van der Waals surface area contributed by atoms with Gasteiger partial charge in [0.25, 0.3) is 16.8 Å². The number of thioether (sulfide) groups is 1. The largest absolute Gasteiger partial charge is 0.324 e. The first-order chi connectivity index (χ1) is 15.8. The minimum absolute atomic E-state index is 0.0508. The quantitative estimate of drug-likeness (QED) is 0.331. The van der Waals surface area contributed by atoms with Crippen LogP contribution in [0.4, 0.5) is 20.6 Å². The van der Waals surface area contributed by atoms with Crippen molar-refractivity contribution in [2.75, 3.05) is 11.9 Å². The summed E-state index contributed by atoms with van der Waals surface area (Å²) in [6.45, 7) is -0.512. The molecule has 0 aliphatic carbocycles. The Morgan fingerprint density at radius 3 is 2.58 bits per heavy atom. The number of nitro groups is 1. The Labute approximate surface area is 190 Å². The maximum Gasteiger partial charge on any atom is 0.294 e. The highest BCUT2D eigenvalue weighted by Crippen LogP contribution is 2.32. The van der Waals surface area contributed by atoms with Gasteiger partial charge in [0.05, 0.1) is 9.83 Å². The Kier molecular flexibility index (Phi) is 6.05. The van der Waals surface area contributed by atoms with E-state index in [-0.39, 0.29) is 16.3 Å². The number of nitro benzene ring substituents is 1. The van der Waals surface area contributed by atoms with E-state index in [0.29, 0.717) is 23.1 Å². The van der Waals surface area contributed by atoms with Crippen molar-refractivity contribution >= 4 is 46.3 Å². The molecule has 2 aromatic carbocycles. The van der Waals surface area contributed by atoms with E-state index >= 15 is 0 Å². The zero-order valence-corrected chi connectivity index (χ0v) is 17.6. The van der Waals surface area contributed by atoms with Crippen LogP contribution in [0.2, 0.25) is 0 Å². The summed E-state index contributed by atoms with van der Waals surface area (Å²) in [5, 5.41) is 12.7. The van der Waals surface area contributed by atoms with Crippen molar-refractivity contribution in [3.05, 3.63) is 93.4 Å². The van der Waals surface area contributed by atoms with Crippen molar-refractivity contribution in [2.24, 2.45) is 0 Å². The number of non-ortho nitro benzene ring substituents is 1. The van der Waals surface area contributed by atoms with Crippen molar-refractivity contribution in [2.45, 2.75) is 0 Å². The third-order valence-electron chi connectivity index (χ3n) is 4.68. The molecule has 166 valence electrons. The number of nitrogens with zero attached hydrogens (tertiary/aromatic N) is 3. The SMILES string of the molecule is O=C(CN1C(=O)S/C(=C/c2cccn2-c2ccc([N+](=O)[O-])cc2)C1=O)Nc1cccc(F)c1. The summed E-state index contributed by atoms with van der Waals surface area (Å²) in [5.74, 6) is -1.80. The number of amides is 3. The van der Waals surface area contributed by atoms with Gasteiger partial charge in [-0.15, -0.1) is 0 Å². The molecule has 3 aromatic rings. The average molecular weight is 466 g/mol. The Morgan fingerprint density at radius 1 is 1.12 bits per heavy atom. The van der Waals surface area contributed by atoms with Gasteiger partial charge in [-0.3, -0.25) is 29.4 Å². The van der Waals surface area contributed by atoms with Gasteiger partial charge in [0, 0.05) is 35.4 Å². The molecular formula is C22H15FN4O5S. The van der Waals surface area contributed by atoms with Gasteiger partial charge in [0.1, 0.15) is 12.4 Å². The summed E-state index contributed by atoms with van der Waals surface area (Å²) in [4.78, 5) is 48.6. The van der Waals surface area contributed by atoms with E-state index in [1.165, 1.54) is 36.4 Å². The molecule has 1 aliphatic rings. The van der Waals surface area contributed by atoms with Gasteiger partial charge < -0.3 is 9.88 Å². The number of hydrogen-bond donors (Lipinski definition) is 1. The molecule has 1 fully saturated rings. The number of rotatable bonds is 6. The lowest BCUT2D eigenvalue weighted by Gasteiger charge is -2.12. The lowest BCUT2D eigenvalue weighted by atomic mass is 10.2. The topological polar surface area (TPSA) is 115 Å². The average Bonchev–Trinajstić information content (AvgIpc) is 3.34. The fraction of sp³-hybridized carbons (Fsp3) is 0.0455. The molecule has 0 radical (unpaired) electrons. The number of anilines is 1. The normalized spacial score (nSPS) is 14.7. The van der Waals surface area contributed by atoms with E-state index in [1.54, 1.807) is 35.0 Å². The van der Waals surface area contributed by atoms with Gasteiger partial charge in [0.15, 0.2) is 0 Å². The molecule has 33 heavy (non-hydrogen) atoms. The van der Waals surface area contributed by atoms with Crippen LogP contribution in [-0.2, 0) is 9.59 Å². The van der Waals surface area contributed by atoms with E-state index in [9.17, 15) is 28.9 Å². The lowest BCUT2D eigenvalue weighted by Crippen LogP contribution is -2.36. The van der Waals surface area contributed by atoms with E-state index in [4.69, 9.17) is 0 Å². The van der Waals surface area contributed by atoms with Crippen LogP contribution in [0.1, 0.15) is 5.69 Å². The summed E-state index contributed by atoms with van der Waals surface area (Å²) >= 11 is 0.697. The Hall–Kier alpha value is -4.25. The fourth-order valence-electron chi connectivity index (χ4n) is 3.16. The van der Waals surface area contributed by atoms with Crippen LogP contribution in [0, 0.1) is 15.9 Å². The number of nitrogens with one attached hydrogen (secondary N) is 1. The lowest BCUT2D eigenvalue weighted by molar-refractivity contribution is -0.384. The predicted molar refractivity (Wildman–Crippen MR) is 120 cm³/mol. The fourth-order valence-corrected chi connectivity index (χ4v) is 3.99. The minimum Gasteiger partial charge on any atom is -0.324 e. The van der Waals surface area contributed by atoms with Gasteiger partial charge in [-0.2, -0.15) is 0 Å². The summed E-state index contributed by atoms with van der Waals surface area (Å²) in [7, 11) is 0. The second-order valence-corrected chi connectivity index (χ2v) is 7.90. The van der Waals surface area contributed by atoms with Gasteiger partial charge >= 0.3 is 0 Å². The Balaban J connectivity index is 1.50. The van der Waals surface area contributed by atoms with Crippen molar-refractivity contribution in [3.8, 4) is 5.69 Å². The standard InChI is InChI=1S/C22H15FN4O5S/c23-14-3-1-4-15(11-14)24-20(28)13-26-21(29)19(33-22(26)30)12-18-5-2-10-25(18)16-6-8-17(9-7-16)27(31)32/h1-12H,13H2,(H,24,28)/b19-12+. The van der Waals surface area contributed by atoms with Crippen molar-refractivity contribution in [1.82, 2.24) is 9.47 Å². The molecule has 1 N–H and O–H groups in total. The summed E-state index contributed by atoms with van der Waals surface area (Å²) in [5.41, 5.74) is 1.36. The number of aromatic nitrogens is 1. The third-order valence-corrected chi connectivity index (χ3v) is 5.59. The molecule has 4 rings (SSSR count). The number of hydrogen-bond acceptors (Lipinski definition) is 6. The first kappa shape index (κ1) is 22.0. The van der Waals surface area contributed by atoms with Crippen LogP contribution in [0.25, 0.3) is 11.8 Å². The molecule has 3 amide bonds. The highest BCUT2D eigenvalue weighted by atomic mass is 32.2. The zero-order chi connectivity index (χ0) is 23.5. The Bertz CT molecular complexity index is 1300. The number of imide groups is 1. The van der Waals surface area contributed by atoms with Gasteiger partial charge in [0.2, 0.25) is 5.91 Å². The maximum atomic E-state index is 13.3. The van der Waals surface area contributed by atoms with Gasteiger partial charge in [-0.05, 0) is 60.3 Å². The number of benzene rings is 2. The van der Waals surface area contributed by atoms with Gasteiger partial charge in [-0.25, -0.2) is 4.39 Å². The Morgan fingerprint density at radius 2 is 1.88 bits per heavy atom. The number of carbonyl (C=O) groups is 3. The molecule has 0 atom stereocenters. The summed E-state index contributed by atoms with van der Waals surface area (Å²) in [6, 6.07) is 14.6. The molecule has 2 heterocycles. The van der Waals surface area contributed by atoms with Crippen LogP contribution >= 0.6 is 11.8 Å². The van der Waals surface area contributed by atoms with Crippen LogP contribution in [0.5, 0.6) is 0 Å².